The summed E-state index contributed by atoms with van der Waals surface area (Å²) in [6.07, 6.45) is -1.02. The number of aliphatic carboxylic acids is 1. The van der Waals surface area contributed by atoms with Gasteiger partial charge in [-0.1, -0.05) is 13.8 Å². The zero-order valence-corrected chi connectivity index (χ0v) is 21.6. The van der Waals surface area contributed by atoms with Gasteiger partial charge in [-0.2, -0.15) is 0 Å². The molecule has 1 heterocycles. The highest BCUT2D eigenvalue weighted by Gasteiger charge is 2.65. The monoisotopic (exact) mass is 511 g/mol. The maximum absolute atomic E-state index is 11.4. The Hall–Kier alpha value is -0.810. The van der Waals surface area contributed by atoms with Crippen LogP contribution in [0, 0.1) is 34.5 Å². The molecule has 0 aromatic rings. The summed E-state index contributed by atoms with van der Waals surface area (Å²) in [5.41, 5.74) is -1.15. The van der Waals surface area contributed by atoms with Crippen LogP contribution < -0.4 is 5.11 Å². The van der Waals surface area contributed by atoms with Gasteiger partial charge < -0.3 is 44.9 Å². The number of carboxylic acids is 1. The first-order valence-corrected chi connectivity index (χ1v) is 13.8. The van der Waals surface area contributed by atoms with Crippen molar-refractivity contribution in [1.82, 2.24) is 0 Å². The number of hydrogen-bond donors (Lipinski definition) is 5. The van der Waals surface area contributed by atoms with Gasteiger partial charge in [-0.3, -0.25) is 0 Å². The summed E-state index contributed by atoms with van der Waals surface area (Å²) in [7, 11) is 0. The van der Waals surface area contributed by atoms with Crippen LogP contribution in [0.15, 0.2) is 0 Å². The van der Waals surface area contributed by atoms with Gasteiger partial charge in [0.15, 0.2) is 6.29 Å². The largest absolute Gasteiger partial charge is 0.547 e. The Kier molecular flexibility index (Phi) is 6.80. The zero-order chi connectivity index (χ0) is 26.2. The van der Waals surface area contributed by atoms with Crippen LogP contribution in [0.3, 0.4) is 0 Å². The van der Waals surface area contributed by atoms with Crippen molar-refractivity contribution in [2.45, 2.75) is 127 Å². The zero-order valence-electron chi connectivity index (χ0n) is 21.6. The minimum absolute atomic E-state index is 0.130. The van der Waals surface area contributed by atoms with Crippen LogP contribution in [0.5, 0.6) is 0 Å². The maximum Gasteiger partial charge on any atom is 0.187 e. The lowest BCUT2D eigenvalue weighted by Gasteiger charge is -2.62. The van der Waals surface area contributed by atoms with E-state index in [0.717, 1.165) is 51.4 Å². The fourth-order valence-corrected chi connectivity index (χ4v) is 9.42. The fraction of sp³-hybridized carbons (Fsp3) is 0.963. The van der Waals surface area contributed by atoms with E-state index in [-0.39, 0.29) is 16.9 Å². The lowest BCUT2D eigenvalue weighted by molar-refractivity contribution is -0.354. The normalized spacial score (nSPS) is 55.8. The minimum atomic E-state index is -1.78. The molecule has 5 N–H and O–H groups in total. The van der Waals surface area contributed by atoms with Gasteiger partial charge >= 0.3 is 0 Å². The molecule has 14 atom stereocenters. The van der Waals surface area contributed by atoms with Crippen LogP contribution in [0.4, 0.5) is 0 Å². The second-order valence-electron chi connectivity index (χ2n) is 13.0. The number of ether oxygens (including phenoxy) is 2. The second kappa shape index (κ2) is 9.14. The van der Waals surface area contributed by atoms with E-state index in [1.165, 1.54) is 0 Å². The van der Waals surface area contributed by atoms with Gasteiger partial charge in [-0.25, -0.2) is 0 Å². The van der Waals surface area contributed by atoms with Crippen molar-refractivity contribution >= 4 is 5.97 Å². The number of hydrogen-bond acceptors (Lipinski definition) is 9. The first kappa shape index (κ1) is 26.8. The van der Waals surface area contributed by atoms with Crippen molar-refractivity contribution < 1.29 is 44.9 Å². The van der Waals surface area contributed by atoms with Crippen LogP contribution in [0.25, 0.3) is 0 Å². The average molecular weight is 512 g/mol. The molecule has 14 unspecified atom stereocenters. The quantitative estimate of drug-likeness (QED) is 0.330. The summed E-state index contributed by atoms with van der Waals surface area (Å²) in [4.78, 5) is 11.3. The lowest BCUT2D eigenvalue weighted by atomic mass is 9.44. The van der Waals surface area contributed by atoms with Gasteiger partial charge in [-0.05, 0) is 93.8 Å². The third-order valence-electron chi connectivity index (χ3n) is 11.7. The molecule has 5 aliphatic rings. The molecule has 36 heavy (non-hydrogen) atoms. The van der Waals surface area contributed by atoms with E-state index in [0.29, 0.717) is 30.1 Å². The predicted octanol–water partition coefficient (Wildman–Crippen LogP) is 0.0837. The Morgan fingerprint density at radius 3 is 2.33 bits per heavy atom. The molecule has 0 aromatic carbocycles. The molecular weight excluding hydrogens is 468 g/mol. The molecule has 0 bridgehead atoms. The molecule has 206 valence electrons. The number of carbonyl (C=O) groups excluding carboxylic acids is 1. The maximum atomic E-state index is 11.4. The molecule has 0 aromatic heterocycles. The Morgan fingerprint density at radius 1 is 0.972 bits per heavy atom. The standard InChI is InChI=1S/C27H44O9/c1-13(28)27(34)11-8-18-16-5-4-14-12-15(6-9-25(14,2)17(16)7-10-26(18,27)3)35-24-21(31)19(29)20(30)22(36-24)23(32)33/h13-22,24,28-31,34H,4-12H2,1-3H3,(H,32,33)/p-1. The van der Waals surface area contributed by atoms with E-state index in [9.17, 15) is 35.4 Å². The van der Waals surface area contributed by atoms with Crippen LogP contribution in [0.2, 0.25) is 0 Å². The van der Waals surface area contributed by atoms with Gasteiger partial charge in [0.25, 0.3) is 0 Å². The van der Waals surface area contributed by atoms with E-state index in [1.807, 2.05) is 0 Å². The van der Waals surface area contributed by atoms with Crippen molar-refractivity contribution in [2.24, 2.45) is 34.5 Å². The predicted molar refractivity (Wildman–Crippen MR) is 125 cm³/mol. The van der Waals surface area contributed by atoms with E-state index in [4.69, 9.17) is 9.47 Å². The minimum Gasteiger partial charge on any atom is -0.547 e. The van der Waals surface area contributed by atoms with Gasteiger partial charge in [0.05, 0.1) is 23.8 Å². The highest BCUT2D eigenvalue weighted by molar-refractivity contribution is 5.71. The molecule has 4 saturated carbocycles. The SMILES string of the molecule is CC(O)C1(O)CCC2C3CCC4CC(OC5OC(C(=O)[O-])C(O)C(O)C5O)CCC4(C)C3CCC21C. The van der Waals surface area contributed by atoms with E-state index in [2.05, 4.69) is 13.8 Å². The number of carboxylic acid groups (broad SMARTS) is 1. The van der Waals surface area contributed by atoms with Crippen molar-refractivity contribution in [1.29, 1.82) is 0 Å². The molecule has 0 radical (unpaired) electrons. The molecule has 9 nitrogen and oxygen atoms in total. The average Bonchev–Trinajstić information content (AvgIpc) is 3.11. The van der Waals surface area contributed by atoms with Gasteiger partial charge in [0.1, 0.15) is 24.4 Å². The third-order valence-corrected chi connectivity index (χ3v) is 11.7. The molecule has 1 saturated heterocycles. The van der Waals surface area contributed by atoms with Crippen molar-refractivity contribution in [3.63, 3.8) is 0 Å². The number of aliphatic hydroxyl groups is 5. The van der Waals surface area contributed by atoms with Gasteiger partial charge in [-0.15, -0.1) is 0 Å². The summed E-state index contributed by atoms with van der Waals surface area (Å²) in [5.74, 6) is 0.229. The summed E-state index contributed by atoms with van der Waals surface area (Å²) >= 11 is 0. The van der Waals surface area contributed by atoms with Crippen LogP contribution in [-0.4, -0.2) is 80.0 Å². The Bertz CT molecular complexity index is 851. The van der Waals surface area contributed by atoms with Crippen LogP contribution in [-0.2, 0) is 14.3 Å². The number of carbonyl (C=O) groups is 1. The summed E-state index contributed by atoms with van der Waals surface area (Å²) in [6, 6.07) is 0. The van der Waals surface area contributed by atoms with E-state index < -0.39 is 48.4 Å². The number of fused-ring (bicyclic) bond motifs is 5. The molecule has 1 aliphatic heterocycles. The Labute approximate surface area is 212 Å². The molecule has 4 aliphatic carbocycles. The first-order chi connectivity index (χ1) is 16.8. The van der Waals surface area contributed by atoms with Crippen LogP contribution >= 0.6 is 0 Å². The number of rotatable bonds is 4. The molecule has 9 heteroatoms. The van der Waals surface area contributed by atoms with Crippen molar-refractivity contribution in [2.75, 3.05) is 0 Å². The molecule has 0 amide bonds. The number of aliphatic hydroxyl groups excluding tert-OH is 4. The van der Waals surface area contributed by atoms with Crippen molar-refractivity contribution in [3.8, 4) is 0 Å². The van der Waals surface area contributed by atoms with Gasteiger partial charge in [0.2, 0.25) is 0 Å². The molecule has 0 spiro atoms. The third kappa shape index (κ3) is 3.80. The lowest BCUT2D eigenvalue weighted by Crippen LogP contribution is -2.63. The Morgan fingerprint density at radius 2 is 1.67 bits per heavy atom. The van der Waals surface area contributed by atoms with Crippen LogP contribution in [0.1, 0.15) is 78.6 Å². The highest BCUT2D eigenvalue weighted by Crippen LogP contribution is 2.68. The smallest absolute Gasteiger partial charge is 0.187 e. The molecular formula is C27H43O9-. The molecule has 5 rings (SSSR count). The van der Waals surface area contributed by atoms with Gasteiger partial charge in [0, 0.05) is 5.41 Å². The van der Waals surface area contributed by atoms with E-state index >= 15 is 0 Å². The summed E-state index contributed by atoms with van der Waals surface area (Å²) < 4.78 is 11.3. The summed E-state index contributed by atoms with van der Waals surface area (Å²) in [6.45, 7) is 6.30. The van der Waals surface area contributed by atoms with E-state index in [1.54, 1.807) is 6.92 Å². The summed E-state index contributed by atoms with van der Waals surface area (Å²) in [5, 5.41) is 63.6. The molecule has 5 fully saturated rings. The second-order valence-corrected chi connectivity index (χ2v) is 13.0. The van der Waals surface area contributed by atoms with Crippen molar-refractivity contribution in [3.05, 3.63) is 0 Å². The highest BCUT2D eigenvalue weighted by atomic mass is 16.7. The fourth-order valence-electron chi connectivity index (χ4n) is 9.42. The first-order valence-electron chi connectivity index (χ1n) is 13.8. The topological polar surface area (TPSA) is 160 Å². The Balaban J connectivity index is 1.27.